The number of nitrogens with zero attached hydrogens (tertiary/aromatic N) is 7. The Morgan fingerprint density at radius 1 is 1.07 bits per heavy atom. The molecule has 1 aliphatic rings. The number of aromatic nitrogens is 6. The number of hydrogen-bond donors (Lipinski definition) is 0. The number of methoxy groups -OCH3 is 2. The maximum absolute atomic E-state index is 6.12. The molecular weight excluding hydrogens is 386 g/mol. The summed E-state index contributed by atoms with van der Waals surface area (Å²) in [7, 11) is 3.24. The molecule has 10 nitrogen and oxygen atoms in total. The van der Waals surface area contributed by atoms with Gasteiger partial charge < -0.3 is 19.1 Å². The lowest BCUT2D eigenvalue weighted by Gasteiger charge is -2.33. The first-order chi connectivity index (χ1) is 14.7. The summed E-state index contributed by atoms with van der Waals surface area (Å²) in [6, 6.07) is 3.76. The molecule has 4 heterocycles. The zero-order valence-electron chi connectivity index (χ0n) is 17.4. The topological polar surface area (TPSA) is 100 Å². The fraction of sp³-hybridized carbons (Fsp3) is 0.450. The van der Waals surface area contributed by atoms with Crippen LogP contribution in [0.25, 0.3) is 5.69 Å². The Morgan fingerprint density at radius 3 is 2.57 bits per heavy atom. The standard InChI is InChI=1S/C20H25N7O3/c1-14-17(11-21-13-23-14)30-16-6-8-26(9-7-16)20-25-24-18(12-28-2)27(20)15-4-5-19(29-3)22-10-15/h4-5,10-11,13,16H,6-9,12H2,1-3H3. The van der Waals surface area contributed by atoms with Gasteiger partial charge in [0.15, 0.2) is 11.6 Å². The van der Waals surface area contributed by atoms with Crippen LogP contribution in [-0.2, 0) is 11.3 Å². The summed E-state index contributed by atoms with van der Waals surface area (Å²) >= 11 is 0. The Balaban J connectivity index is 1.51. The highest BCUT2D eigenvalue weighted by Gasteiger charge is 2.26. The van der Waals surface area contributed by atoms with E-state index in [-0.39, 0.29) is 6.10 Å². The predicted molar refractivity (Wildman–Crippen MR) is 109 cm³/mol. The minimum Gasteiger partial charge on any atom is -0.487 e. The minimum absolute atomic E-state index is 0.114. The normalized spacial score (nSPS) is 14.7. The van der Waals surface area contributed by atoms with Crippen LogP contribution in [0.1, 0.15) is 24.4 Å². The number of pyridine rings is 1. The summed E-state index contributed by atoms with van der Waals surface area (Å²) in [5, 5.41) is 8.78. The lowest BCUT2D eigenvalue weighted by molar-refractivity contribution is 0.167. The molecule has 1 saturated heterocycles. The third-order valence-corrected chi connectivity index (χ3v) is 5.06. The Hall–Kier alpha value is -3.27. The third-order valence-electron chi connectivity index (χ3n) is 5.06. The Bertz CT molecular complexity index is 969. The molecule has 10 heteroatoms. The van der Waals surface area contributed by atoms with Crippen molar-refractivity contribution in [3.05, 3.63) is 42.4 Å². The van der Waals surface area contributed by atoms with E-state index in [9.17, 15) is 0 Å². The van der Waals surface area contributed by atoms with Crippen LogP contribution in [0.2, 0.25) is 0 Å². The van der Waals surface area contributed by atoms with E-state index in [1.807, 2.05) is 23.6 Å². The number of aryl methyl sites for hydroxylation is 1. The number of ether oxygens (including phenoxy) is 3. The van der Waals surface area contributed by atoms with Gasteiger partial charge in [0.25, 0.3) is 0 Å². The molecule has 1 fully saturated rings. The molecule has 4 rings (SSSR count). The molecule has 3 aromatic heterocycles. The van der Waals surface area contributed by atoms with Crippen molar-refractivity contribution < 1.29 is 14.2 Å². The first kappa shape index (κ1) is 20.0. The zero-order valence-corrected chi connectivity index (χ0v) is 17.4. The molecule has 0 saturated carbocycles. The lowest BCUT2D eigenvalue weighted by Crippen LogP contribution is -2.39. The molecule has 0 atom stereocenters. The van der Waals surface area contributed by atoms with E-state index in [0.717, 1.165) is 54.8 Å². The van der Waals surface area contributed by atoms with Crippen LogP contribution in [0.15, 0.2) is 30.9 Å². The minimum atomic E-state index is 0.114. The predicted octanol–water partition coefficient (Wildman–Crippen LogP) is 1.96. The second kappa shape index (κ2) is 9.04. The van der Waals surface area contributed by atoms with Gasteiger partial charge >= 0.3 is 0 Å². The van der Waals surface area contributed by atoms with Crippen LogP contribution in [-0.4, -0.2) is 63.1 Å². The molecule has 0 aromatic carbocycles. The lowest BCUT2D eigenvalue weighted by atomic mass is 10.1. The van der Waals surface area contributed by atoms with Gasteiger partial charge in [-0.1, -0.05) is 0 Å². The van der Waals surface area contributed by atoms with E-state index >= 15 is 0 Å². The van der Waals surface area contributed by atoms with Crippen LogP contribution >= 0.6 is 0 Å². The first-order valence-corrected chi connectivity index (χ1v) is 9.81. The molecule has 0 spiro atoms. The van der Waals surface area contributed by atoms with Crippen molar-refractivity contribution >= 4 is 5.95 Å². The molecule has 1 aliphatic heterocycles. The van der Waals surface area contributed by atoms with E-state index < -0.39 is 0 Å². The molecule has 0 radical (unpaired) electrons. The molecular formula is C20H25N7O3. The highest BCUT2D eigenvalue weighted by molar-refractivity contribution is 5.44. The summed E-state index contributed by atoms with van der Waals surface area (Å²) in [5.41, 5.74) is 1.71. The van der Waals surface area contributed by atoms with Crippen LogP contribution in [0, 0.1) is 6.92 Å². The molecule has 0 aliphatic carbocycles. The Kier molecular flexibility index (Phi) is 6.03. The fourth-order valence-electron chi connectivity index (χ4n) is 3.47. The number of rotatable bonds is 7. The van der Waals surface area contributed by atoms with Crippen molar-refractivity contribution in [3.63, 3.8) is 0 Å². The van der Waals surface area contributed by atoms with Gasteiger partial charge in [0.2, 0.25) is 11.8 Å². The smallest absolute Gasteiger partial charge is 0.232 e. The fourth-order valence-corrected chi connectivity index (χ4v) is 3.47. The van der Waals surface area contributed by atoms with Crippen molar-refractivity contribution in [3.8, 4) is 17.3 Å². The zero-order chi connectivity index (χ0) is 20.9. The number of anilines is 1. The van der Waals surface area contributed by atoms with E-state index in [1.165, 1.54) is 6.33 Å². The summed E-state index contributed by atoms with van der Waals surface area (Å²) < 4.78 is 18.6. The van der Waals surface area contributed by atoms with Crippen LogP contribution in [0.5, 0.6) is 11.6 Å². The van der Waals surface area contributed by atoms with Crippen LogP contribution in [0.4, 0.5) is 5.95 Å². The van der Waals surface area contributed by atoms with Gasteiger partial charge in [0.05, 0.1) is 30.9 Å². The van der Waals surface area contributed by atoms with E-state index in [4.69, 9.17) is 14.2 Å². The Morgan fingerprint density at radius 2 is 1.90 bits per heavy atom. The van der Waals surface area contributed by atoms with Gasteiger partial charge in [-0.2, -0.15) is 0 Å². The van der Waals surface area contributed by atoms with Crippen molar-refractivity contribution in [2.45, 2.75) is 32.5 Å². The number of piperidine rings is 1. The summed E-state index contributed by atoms with van der Waals surface area (Å²) in [6.07, 6.45) is 6.84. The van der Waals surface area contributed by atoms with Crippen molar-refractivity contribution in [1.29, 1.82) is 0 Å². The molecule has 0 amide bonds. The first-order valence-electron chi connectivity index (χ1n) is 9.81. The Labute approximate surface area is 174 Å². The third kappa shape index (κ3) is 4.18. The number of hydrogen-bond acceptors (Lipinski definition) is 9. The maximum Gasteiger partial charge on any atom is 0.232 e. The molecule has 0 N–H and O–H groups in total. The van der Waals surface area contributed by atoms with E-state index in [1.54, 1.807) is 26.6 Å². The second-order valence-corrected chi connectivity index (χ2v) is 7.02. The van der Waals surface area contributed by atoms with Gasteiger partial charge in [0, 0.05) is 39.1 Å². The maximum atomic E-state index is 6.12. The van der Waals surface area contributed by atoms with Crippen molar-refractivity contribution in [1.82, 2.24) is 29.7 Å². The quantitative estimate of drug-likeness (QED) is 0.577. The summed E-state index contributed by atoms with van der Waals surface area (Å²) in [4.78, 5) is 14.8. The van der Waals surface area contributed by atoms with Gasteiger partial charge in [-0.3, -0.25) is 4.57 Å². The van der Waals surface area contributed by atoms with Crippen LogP contribution in [0.3, 0.4) is 0 Å². The molecule has 3 aromatic rings. The average Bonchev–Trinajstić information content (AvgIpc) is 3.20. The largest absolute Gasteiger partial charge is 0.487 e. The van der Waals surface area contributed by atoms with E-state index in [0.29, 0.717) is 12.5 Å². The van der Waals surface area contributed by atoms with E-state index in [2.05, 4.69) is 30.0 Å². The van der Waals surface area contributed by atoms with Gasteiger partial charge in [0.1, 0.15) is 19.0 Å². The average molecular weight is 411 g/mol. The highest BCUT2D eigenvalue weighted by Crippen LogP contribution is 2.26. The molecule has 0 bridgehead atoms. The van der Waals surface area contributed by atoms with Crippen molar-refractivity contribution in [2.75, 3.05) is 32.2 Å². The molecule has 30 heavy (non-hydrogen) atoms. The summed E-state index contributed by atoms with van der Waals surface area (Å²) in [6.45, 7) is 3.87. The molecule has 0 unspecified atom stereocenters. The van der Waals surface area contributed by atoms with Gasteiger partial charge in [-0.15, -0.1) is 10.2 Å². The monoisotopic (exact) mass is 411 g/mol. The van der Waals surface area contributed by atoms with Crippen LogP contribution < -0.4 is 14.4 Å². The highest BCUT2D eigenvalue weighted by atomic mass is 16.5. The molecule has 158 valence electrons. The SMILES string of the molecule is COCc1nnc(N2CCC(Oc3cncnc3C)CC2)n1-c1ccc(OC)nc1. The van der Waals surface area contributed by atoms with Gasteiger partial charge in [-0.05, 0) is 13.0 Å². The summed E-state index contributed by atoms with van der Waals surface area (Å²) in [5.74, 6) is 2.78. The van der Waals surface area contributed by atoms with Gasteiger partial charge in [-0.25, -0.2) is 15.0 Å². The van der Waals surface area contributed by atoms with Crippen molar-refractivity contribution in [2.24, 2.45) is 0 Å². The second-order valence-electron chi connectivity index (χ2n) is 7.02.